The van der Waals surface area contributed by atoms with E-state index in [1.54, 1.807) is 0 Å². The molecule has 7 heteroatoms. The molecule has 3 N–H and O–H groups in total. The largest absolute Gasteiger partial charge is 0.481 e. The van der Waals surface area contributed by atoms with Gasteiger partial charge in [-0.1, -0.05) is 252 Å². The monoisotopic (exact) mass is 858 g/mol. The summed E-state index contributed by atoms with van der Waals surface area (Å²) < 4.78 is 0. The normalized spacial score (nSPS) is 10.5. The molecule has 1 radical (unpaired) electrons. The van der Waals surface area contributed by atoms with Crippen LogP contribution in [-0.2, 0) is 47.1 Å². The van der Waals surface area contributed by atoms with Gasteiger partial charge in [0, 0.05) is 52.0 Å². The van der Waals surface area contributed by atoms with E-state index in [0.29, 0.717) is 19.3 Å². The first-order chi connectivity index (χ1) is 26.3. The average molecular weight is 858 g/mol. The van der Waals surface area contributed by atoms with Gasteiger partial charge in [-0.2, -0.15) is 0 Å². The summed E-state index contributed by atoms with van der Waals surface area (Å²) in [5.41, 5.74) is 0. The van der Waals surface area contributed by atoms with Crippen LogP contribution in [0.2, 0.25) is 0 Å². The van der Waals surface area contributed by atoms with E-state index in [1.807, 2.05) is 0 Å². The predicted octanol–water partition coefficient (Wildman–Crippen LogP) is 16.7. The maximum Gasteiger partial charge on any atom is 0.303 e. The van der Waals surface area contributed by atoms with Crippen LogP contribution < -0.4 is 0 Å². The zero-order valence-corrected chi connectivity index (χ0v) is 40.2. The van der Waals surface area contributed by atoms with E-state index in [0.717, 1.165) is 38.5 Å². The average Bonchev–Trinajstić information content (AvgIpc) is 3.14. The van der Waals surface area contributed by atoms with Crippen molar-refractivity contribution < 1.29 is 62.4 Å². The number of hydrogen-bond donors (Lipinski definition) is 3. The molecule has 0 aromatic heterocycles. The van der Waals surface area contributed by atoms with E-state index in [2.05, 4.69) is 20.8 Å². The molecule has 0 aliphatic heterocycles. The molecule has 0 saturated heterocycles. The Morgan fingerprint density at radius 3 is 0.455 bits per heavy atom. The van der Waals surface area contributed by atoms with E-state index in [4.69, 9.17) is 15.3 Å². The third kappa shape index (κ3) is 71.7. The van der Waals surface area contributed by atoms with Crippen molar-refractivity contribution in [1.29, 1.82) is 0 Å². The van der Waals surface area contributed by atoms with Crippen molar-refractivity contribution in [3.8, 4) is 0 Å². The summed E-state index contributed by atoms with van der Waals surface area (Å²) >= 11 is 0. The Morgan fingerprint density at radius 1 is 0.236 bits per heavy atom. The summed E-state index contributed by atoms with van der Waals surface area (Å²) in [5, 5.41) is 25.5. The molecule has 0 fully saturated rings. The van der Waals surface area contributed by atoms with Crippen molar-refractivity contribution in [3.05, 3.63) is 0 Å². The zero-order valence-electron chi connectivity index (χ0n) is 37.3. The van der Waals surface area contributed by atoms with Crippen molar-refractivity contribution in [1.82, 2.24) is 0 Å². The number of unbranched alkanes of at least 4 members (excludes halogenated alkanes) is 36. The molecule has 0 rings (SSSR count). The van der Waals surface area contributed by atoms with Gasteiger partial charge < -0.3 is 15.3 Å². The Morgan fingerprint density at radius 2 is 0.345 bits per heavy atom. The van der Waals surface area contributed by atoms with E-state index >= 15 is 0 Å². The maximum atomic E-state index is 10.3. The second kappa shape index (κ2) is 57.8. The first-order valence-corrected chi connectivity index (χ1v) is 24.0. The van der Waals surface area contributed by atoms with Crippen LogP contribution in [0.5, 0.6) is 0 Å². The van der Waals surface area contributed by atoms with Crippen LogP contribution in [0.15, 0.2) is 0 Å². The van der Waals surface area contributed by atoms with E-state index in [1.165, 1.54) is 212 Å². The molecule has 0 heterocycles. The van der Waals surface area contributed by atoms with Gasteiger partial charge >= 0.3 is 17.9 Å². The molecule has 0 aromatic rings. The third-order valence-electron chi connectivity index (χ3n) is 10.5. The minimum atomic E-state index is -0.655. The summed E-state index contributed by atoms with van der Waals surface area (Å²) in [4.78, 5) is 30.9. The number of hydrogen-bond acceptors (Lipinski definition) is 3. The molecular weight excluding hydrogens is 761 g/mol. The van der Waals surface area contributed by atoms with Gasteiger partial charge in [0.1, 0.15) is 0 Å². The van der Waals surface area contributed by atoms with E-state index in [-0.39, 0.29) is 32.7 Å². The summed E-state index contributed by atoms with van der Waals surface area (Å²) in [6.07, 6.45) is 51.8. The van der Waals surface area contributed by atoms with Gasteiger partial charge in [-0.3, -0.25) is 14.4 Å². The van der Waals surface area contributed by atoms with Gasteiger partial charge in [0.05, 0.1) is 0 Å². The molecule has 0 spiro atoms. The van der Waals surface area contributed by atoms with Crippen LogP contribution in [0.1, 0.15) is 290 Å². The minimum Gasteiger partial charge on any atom is -0.481 e. The SMILES string of the molecule is CCCCCCCCCCCCCCCC(=O)O.CCCCCCCCCCCCCCCC(=O)O.CCCCCCCCCCCCCCCC(=O)O.[Y]. The van der Waals surface area contributed by atoms with Crippen LogP contribution in [0, 0.1) is 0 Å². The quantitative estimate of drug-likeness (QED) is 0.0527. The molecule has 0 aliphatic carbocycles. The molecule has 55 heavy (non-hydrogen) atoms. The fourth-order valence-corrected chi connectivity index (χ4v) is 6.88. The van der Waals surface area contributed by atoms with Crippen LogP contribution in [0.4, 0.5) is 0 Å². The molecule has 327 valence electrons. The van der Waals surface area contributed by atoms with Gasteiger partial charge in [0.2, 0.25) is 0 Å². The second-order valence-electron chi connectivity index (χ2n) is 16.2. The molecule has 0 aromatic carbocycles. The molecule has 0 atom stereocenters. The van der Waals surface area contributed by atoms with Crippen LogP contribution in [-0.4, -0.2) is 33.2 Å². The number of carboxylic acids is 3. The number of aliphatic carboxylic acids is 3. The molecule has 6 nitrogen and oxygen atoms in total. The Labute approximate surface area is 368 Å². The van der Waals surface area contributed by atoms with Crippen LogP contribution in [0.25, 0.3) is 0 Å². The molecule has 0 amide bonds. The summed E-state index contributed by atoms with van der Waals surface area (Å²) in [7, 11) is 0. The Kier molecular flexibility index (Phi) is 64.3. The van der Waals surface area contributed by atoms with Crippen molar-refractivity contribution in [2.24, 2.45) is 0 Å². The first kappa shape index (κ1) is 61.2. The molecular formula is C48H96O6Y. The smallest absolute Gasteiger partial charge is 0.303 e. The second-order valence-corrected chi connectivity index (χ2v) is 16.2. The summed E-state index contributed by atoms with van der Waals surface area (Å²) in [6.45, 7) is 6.78. The Hall–Kier alpha value is -0.486. The topological polar surface area (TPSA) is 112 Å². The van der Waals surface area contributed by atoms with Crippen molar-refractivity contribution in [2.75, 3.05) is 0 Å². The van der Waals surface area contributed by atoms with Gasteiger partial charge in [-0.15, -0.1) is 0 Å². The summed E-state index contributed by atoms with van der Waals surface area (Å²) in [6, 6.07) is 0. The first-order valence-electron chi connectivity index (χ1n) is 24.0. The van der Waals surface area contributed by atoms with Crippen molar-refractivity contribution in [2.45, 2.75) is 290 Å². The van der Waals surface area contributed by atoms with Gasteiger partial charge in [0.25, 0.3) is 0 Å². The number of carbonyl (C=O) groups is 3. The molecule has 0 unspecified atom stereocenters. The third-order valence-corrected chi connectivity index (χ3v) is 10.5. The van der Waals surface area contributed by atoms with Gasteiger partial charge in [0.15, 0.2) is 0 Å². The minimum absolute atomic E-state index is 0. The van der Waals surface area contributed by atoms with E-state index < -0.39 is 17.9 Å². The Bertz CT molecular complexity index is 636. The van der Waals surface area contributed by atoms with Gasteiger partial charge in [-0.25, -0.2) is 0 Å². The standard InChI is InChI=1S/3C16H32O2.Y/c3*1-2-3-4-5-6-7-8-9-10-11-12-13-14-15-16(17)18;/h3*2-15H2,1H3,(H,17,18);. The molecule has 0 aliphatic rings. The predicted molar refractivity (Wildman–Crippen MR) is 234 cm³/mol. The fourth-order valence-electron chi connectivity index (χ4n) is 6.88. The zero-order chi connectivity index (χ0) is 40.4. The number of carboxylic acid groups (broad SMARTS) is 3. The maximum absolute atomic E-state index is 10.3. The van der Waals surface area contributed by atoms with Crippen molar-refractivity contribution in [3.63, 3.8) is 0 Å². The molecule has 0 bridgehead atoms. The van der Waals surface area contributed by atoms with Crippen LogP contribution >= 0.6 is 0 Å². The van der Waals surface area contributed by atoms with Crippen molar-refractivity contribution >= 4 is 17.9 Å². The Balaban J connectivity index is -0.000000351. The van der Waals surface area contributed by atoms with E-state index in [9.17, 15) is 14.4 Å². The van der Waals surface area contributed by atoms with Crippen LogP contribution in [0.3, 0.4) is 0 Å². The number of rotatable bonds is 42. The van der Waals surface area contributed by atoms with Gasteiger partial charge in [-0.05, 0) is 19.3 Å². The fraction of sp³-hybridized carbons (Fsp3) is 0.938. The summed E-state index contributed by atoms with van der Waals surface area (Å²) in [5.74, 6) is -1.96. The molecule has 0 saturated carbocycles.